The predicted molar refractivity (Wildman–Crippen MR) is 112 cm³/mol. The van der Waals surface area contributed by atoms with Gasteiger partial charge in [-0.05, 0) is 43.9 Å². The lowest BCUT2D eigenvalue weighted by molar-refractivity contribution is -0.116. The van der Waals surface area contributed by atoms with Crippen molar-refractivity contribution in [3.8, 4) is 0 Å². The van der Waals surface area contributed by atoms with Crippen LogP contribution < -0.4 is 10.9 Å². The van der Waals surface area contributed by atoms with E-state index in [9.17, 15) is 9.59 Å². The maximum Gasteiger partial charge on any atom is 0.275 e. The van der Waals surface area contributed by atoms with Crippen molar-refractivity contribution in [1.29, 1.82) is 0 Å². The van der Waals surface area contributed by atoms with E-state index in [4.69, 9.17) is 0 Å². The molecule has 1 fully saturated rings. The molecule has 7 heteroatoms. The second-order valence-corrected chi connectivity index (χ2v) is 7.83. The third kappa shape index (κ3) is 4.09. The fourth-order valence-electron chi connectivity index (χ4n) is 4.01. The normalized spacial score (nSPS) is 15.0. The number of carbonyl (C=O) groups is 1. The lowest BCUT2D eigenvalue weighted by atomic mass is 9.89. The smallest absolute Gasteiger partial charge is 0.275 e. The Kier molecular flexibility index (Phi) is 5.47. The van der Waals surface area contributed by atoms with Crippen LogP contribution in [0.25, 0.3) is 5.78 Å². The molecule has 1 N–H and O–H groups in total. The molecule has 1 amide bonds. The zero-order valence-electron chi connectivity index (χ0n) is 17.0. The number of aromatic nitrogens is 4. The van der Waals surface area contributed by atoms with Gasteiger partial charge >= 0.3 is 0 Å². The number of amides is 1. The first-order valence-electron chi connectivity index (χ1n) is 10.4. The van der Waals surface area contributed by atoms with Crippen LogP contribution in [0.3, 0.4) is 0 Å². The van der Waals surface area contributed by atoms with Crippen LogP contribution in [-0.4, -0.2) is 25.1 Å². The molecule has 0 unspecified atom stereocenters. The molecule has 3 aromatic rings. The Labute approximate surface area is 169 Å². The molecule has 0 spiro atoms. The number of aryl methyl sites for hydroxylation is 2. The van der Waals surface area contributed by atoms with Crippen LogP contribution in [0.4, 0.5) is 5.69 Å². The van der Waals surface area contributed by atoms with E-state index in [1.165, 1.54) is 35.4 Å². The number of nitrogens with one attached hydrogen (secondary N) is 1. The average molecular weight is 393 g/mol. The highest BCUT2D eigenvalue weighted by molar-refractivity contribution is 5.90. The molecule has 29 heavy (non-hydrogen) atoms. The number of nitrogens with zero attached hydrogens (tertiary/aromatic N) is 4. The van der Waals surface area contributed by atoms with E-state index in [-0.39, 0.29) is 18.0 Å². The van der Waals surface area contributed by atoms with E-state index >= 15 is 0 Å². The van der Waals surface area contributed by atoms with Crippen LogP contribution in [0.5, 0.6) is 0 Å². The van der Waals surface area contributed by atoms with E-state index in [1.807, 2.05) is 31.2 Å². The summed E-state index contributed by atoms with van der Waals surface area (Å²) < 4.78 is 3.09. The van der Waals surface area contributed by atoms with E-state index in [0.717, 1.165) is 30.8 Å². The maximum absolute atomic E-state index is 12.7. The topological polar surface area (TPSA) is 81.3 Å². The van der Waals surface area contributed by atoms with Crippen LogP contribution >= 0.6 is 0 Å². The molecule has 2 heterocycles. The molecule has 1 saturated carbocycles. The number of benzene rings is 1. The van der Waals surface area contributed by atoms with Crippen LogP contribution in [0.1, 0.15) is 62.0 Å². The number of rotatable bonds is 5. The summed E-state index contributed by atoms with van der Waals surface area (Å²) in [6.07, 6.45) is 6.65. The van der Waals surface area contributed by atoms with Gasteiger partial charge in [-0.2, -0.15) is 9.50 Å². The van der Waals surface area contributed by atoms with Crippen molar-refractivity contribution in [1.82, 2.24) is 19.2 Å². The maximum atomic E-state index is 12.7. The quantitative estimate of drug-likeness (QED) is 0.720. The Balaban J connectivity index is 1.60. The van der Waals surface area contributed by atoms with Crippen molar-refractivity contribution in [2.75, 3.05) is 5.32 Å². The molecule has 1 aliphatic carbocycles. The zero-order valence-corrected chi connectivity index (χ0v) is 17.0. The summed E-state index contributed by atoms with van der Waals surface area (Å²) in [6.45, 7) is 3.99. The molecular formula is C22H27N5O2. The minimum absolute atomic E-state index is 0.0773. The van der Waals surface area contributed by atoms with Crippen molar-refractivity contribution < 1.29 is 4.79 Å². The summed E-state index contributed by atoms with van der Waals surface area (Å²) in [5.74, 6) is 1.29. The third-order valence-corrected chi connectivity index (χ3v) is 5.73. The zero-order chi connectivity index (χ0) is 20.4. The van der Waals surface area contributed by atoms with Gasteiger partial charge in [0.25, 0.3) is 5.56 Å². The summed E-state index contributed by atoms with van der Waals surface area (Å²) in [6, 6.07) is 9.34. The third-order valence-electron chi connectivity index (χ3n) is 5.73. The molecule has 2 aromatic heterocycles. The van der Waals surface area contributed by atoms with Gasteiger partial charge in [0.05, 0.1) is 0 Å². The largest absolute Gasteiger partial charge is 0.325 e. The van der Waals surface area contributed by atoms with E-state index in [0.29, 0.717) is 17.4 Å². The van der Waals surface area contributed by atoms with E-state index in [1.54, 1.807) is 4.57 Å². The lowest BCUT2D eigenvalue weighted by Crippen LogP contribution is -2.25. The molecule has 4 rings (SSSR count). The van der Waals surface area contributed by atoms with Crippen molar-refractivity contribution >= 4 is 17.4 Å². The first-order chi connectivity index (χ1) is 14.0. The molecule has 1 aliphatic rings. The minimum Gasteiger partial charge on any atom is -0.325 e. The van der Waals surface area contributed by atoms with Crippen molar-refractivity contribution in [3.05, 3.63) is 57.8 Å². The number of fused-ring (bicyclic) bond motifs is 1. The standard InChI is InChI=1S/C22H27N5O2/c1-3-16-9-11-18(12-10-16)23-19(28)14-26-15(2)13-20(29)27-22(26)24-21(25-27)17-7-5-4-6-8-17/h9-13,17H,3-8,14H2,1-2H3,(H,23,28). The molecule has 0 aliphatic heterocycles. The molecule has 7 nitrogen and oxygen atoms in total. The van der Waals surface area contributed by atoms with Crippen LogP contribution in [0.15, 0.2) is 35.1 Å². The Morgan fingerprint density at radius 3 is 2.59 bits per heavy atom. The fraction of sp³-hybridized carbons (Fsp3) is 0.455. The Bertz CT molecular complexity index is 1080. The highest BCUT2D eigenvalue weighted by atomic mass is 16.2. The highest BCUT2D eigenvalue weighted by Crippen LogP contribution is 2.30. The Hall–Kier alpha value is -2.96. The van der Waals surface area contributed by atoms with Crippen molar-refractivity contribution in [3.63, 3.8) is 0 Å². The summed E-state index contributed by atoms with van der Waals surface area (Å²) >= 11 is 0. The lowest BCUT2D eigenvalue weighted by Gasteiger charge is -2.17. The second-order valence-electron chi connectivity index (χ2n) is 7.83. The number of hydrogen-bond acceptors (Lipinski definition) is 4. The Morgan fingerprint density at radius 1 is 1.17 bits per heavy atom. The predicted octanol–water partition coefficient (Wildman–Crippen LogP) is 3.45. The second kappa shape index (κ2) is 8.19. The molecule has 1 aromatic carbocycles. The molecule has 152 valence electrons. The summed E-state index contributed by atoms with van der Waals surface area (Å²) in [5, 5.41) is 7.41. The van der Waals surface area contributed by atoms with E-state index in [2.05, 4.69) is 22.3 Å². The van der Waals surface area contributed by atoms with Crippen LogP contribution in [0, 0.1) is 6.92 Å². The van der Waals surface area contributed by atoms with Gasteiger partial charge in [-0.25, -0.2) is 0 Å². The SMILES string of the molecule is CCc1ccc(NC(=O)Cn2c(C)cc(=O)n3nc(C4CCCCC4)nc23)cc1. The molecule has 0 radical (unpaired) electrons. The minimum atomic E-state index is -0.209. The molecular weight excluding hydrogens is 366 g/mol. The van der Waals surface area contributed by atoms with Gasteiger partial charge in [-0.1, -0.05) is 38.3 Å². The number of carbonyl (C=O) groups excluding carboxylic acids is 1. The Morgan fingerprint density at radius 2 is 1.90 bits per heavy atom. The first-order valence-corrected chi connectivity index (χ1v) is 10.4. The molecule has 0 atom stereocenters. The van der Waals surface area contributed by atoms with Gasteiger partial charge in [-0.15, -0.1) is 5.10 Å². The summed E-state index contributed by atoms with van der Waals surface area (Å²) in [7, 11) is 0. The monoisotopic (exact) mass is 393 g/mol. The summed E-state index contributed by atoms with van der Waals surface area (Å²) in [4.78, 5) is 29.8. The molecule has 0 saturated heterocycles. The molecule has 0 bridgehead atoms. The van der Waals surface area contributed by atoms with Crippen molar-refractivity contribution in [2.24, 2.45) is 0 Å². The van der Waals surface area contributed by atoms with Gasteiger partial charge in [-0.3, -0.25) is 9.59 Å². The highest BCUT2D eigenvalue weighted by Gasteiger charge is 2.22. The average Bonchev–Trinajstić information content (AvgIpc) is 3.18. The number of anilines is 1. The van der Waals surface area contributed by atoms with Crippen LogP contribution in [-0.2, 0) is 17.8 Å². The van der Waals surface area contributed by atoms with Gasteiger partial charge in [0, 0.05) is 23.4 Å². The fourth-order valence-corrected chi connectivity index (χ4v) is 4.01. The van der Waals surface area contributed by atoms with Gasteiger partial charge in [0.2, 0.25) is 11.7 Å². The van der Waals surface area contributed by atoms with Gasteiger partial charge in [0.15, 0.2) is 5.82 Å². The van der Waals surface area contributed by atoms with Crippen molar-refractivity contribution in [2.45, 2.75) is 64.8 Å². The van der Waals surface area contributed by atoms with Gasteiger partial charge in [0.1, 0.15) is 6.54 Å². The van der Waals surface area contributed by atoms with Crippen LogP contribution in [0.2, 0.25) is 0 Å². The summed E-state index contributed by atoms with van der Waals surface area (Å²) in [5.41, 5.74) is 2.46. The van der Waals surface area contributed by atoms with Gasteiger partial charge < -0.3 is 9.88 Å². The number of hydrogen-bond donors (Lipinski definition) is 1. The van der Waals surface area contributed by atoms with E-state index < -0.39 is 0 Å². The first kappa shape index (κ1) is 19.4.